The number of hydrogen-bond donors (Lipinski definition) is 4. The van der Waals surface area contributed by atoms with Crippen molar-refractivity contribution >= 4 is 0 Å². The third kappa shape index (κ3) is 3.52. The van der Waals surface area contributed by atoms with Gasteiger partial charge < -0.3 is 29.9 Å². The summed E-state index contributed by atoms with van der Waals surface area (Å²) in [6.45, 7) is 5.42. The average Bonchev–Trinajstić information content (AvgIpc) is 2.45. The number of phenolic OH excluding ortho intramolecular Hbond substituents is 1. The molecule has 0 aromatic heterocycles. The van der Waals surface area contributed by atoms with Crippen molar-refractivity contribution in [3.8, 4) is 11.5 Å². The molecule has 0 bridgehead atoms. The number of rotatable bonds is 3. The molecule has 1 heterocycles. The van der Waals surface area contributed by atoms with Crippen molar-refractivity contribution in [3.05, 3.63) is 24.3 Å². The first kappa shape index (κ1) is 17.0. The lowest BCUT2D eigenvalue weighted by molar-refractivity contribution is -0.244. The SMILES string of the molecule is CC(C)(C)[C@H]1OC(CO)[C@H](O)[C@H](O)C1Oc1ccc(O)cc1. The minimum atomic E-state index is -1.23. The zero-order chi connectivity index (χ0) is 16.5. The molecule has 6 heteroatoms. The molecule has 124 valence electrons. The minimum absolute atomic E-state index is 0.112. The molecule has 1 aliphatic rings. The molecule has 0 saturated carbocycles. The largest absolute Gasteiger partial charge is 0.508 e. The van der Waals surface area contributed by atoms with E-state index in [0.29, 0.717) is 5.75 Å². The Bertz CT molecular complexity index is 480. The summed E-state index contributed by atoms with van der Waals surface area (Å²) in [5.41, 5.74) is -0.365. The van der Waals surface area contributed by atoms with E-state index in [2.05, 4.69) is 0 Å². The van der Waals surface area contributed by atoms with Crippen LogP contribution in [0.2, 0.25) is 0 Å². The van der Waals surface area contributed by atoms with Crippen molar-refractivity contribution in [1.82, 2.24) is 0 Å². The molecule has 1 aliphatic heterocycles. The molecule has 2 unspecified atom stereocenters. The van der Waals surface area contributed by atoms with Gasteiger partial charge in [0, 0.05) is 0 Å². The summed E-state index contributed by atoms with van der Waals surface area (Å²) in [6, 6.07) is 6.10. The van der Waals surface area contributed by atoms with Crippen LogP contribution in [0.25, 0.3) is 0 Å². The van der Waals surface area contributed by atoms with Crippen LogP contribution in [-0.2, 0) is 4.74 Å². The van der Waals surface area contributed by atoms with Crippen LogP contribution in [0.4, 0.5) is 0 Å². The van der Waals surface area contributed by atoms with Gasteiger partial charge in [-0.05, 0) is 29.7 Å². The number of aromatic hydroxyl groups is 1. The zero-order valence-corrected chi connectivity index (χ0v) is 13.0. The highest BCUT2D eigenvalue weighted by molar-refractivity contribution is 5.30. The normalized spacial score (nSPS) is 32.7. The topological polar surface area (TPSA) is 99.4 Å². The number of ether oxygens (including phenoxy) is 2. The van der Waals surface area contributed by atoms with Crippen molar-refractivity contribution in [1.29, 1.82) is 0 Å². The molecule has 0 amide bonds. The fourth-order valence-corrected chi connectivity index (χ4v) is 2.60. The predicted octanol–water partition coefficient (Wildman–Crippen LogP) is 0.667. The number of aliphatic hydroxyl groups excluding tert-OH is 3. The van der Waals surface area contributed by atoms with Gasteiger partial charge >= 0.3 is 0 Å². The van der Waals surface area contributed by atoms with E-state index in [1.54, 1.807) is 12.1 Å². The maximum Gasteiger partial charge on any atom is 0.154 e. The van der Waals surface area contributed by atoms with Crippen LogP contribution in [0.3, 0.4) is 0 Å². The Kier molecular flexibility index (Phi) is 4.97. The van der Waals surface area contributed by atoms with E-state index < -0.39 is 30.5 Å². The minimum Gasteiger partial charge on any atom is -0.508 e. The molecule has 1 aromatic rings. The second kappa shape index (κ2) is 6.42. The summed E-state index contributed by atoms with van der Waals surface area (Å²) in [4.78, 5) is 0. The average molecular weight is 312 g/mol. The predicted molar refractivity (Wildman–Crippen MR) is 79.7 cm³/mol. The molecule has 6 nitrogen and oxygen atoms in total. The second-order valence-corrected chi connectivity index (χ2v) is 6.70. The Balaban J connectivity index is 2.25. The fraction of sp³-hybridized carbons (Fsp3) is 0.625. The standard InChI is InChI=1S/C16H24O6/c1-16(2,3)15-14(13(20)12(19)11(8-17)22-15)21-10-6-4-9(18)5-7-10/h4-7,11-15,17-20H,8H2,1-3H3/t11?,12-,13-,14?,15-/m0/s1. The third-order valence-corrected chi connectivity index (χ3v) is 3.83. The molecular weight excluding hydrogens is 288 g/mol. The summed E-state index contributed by atoms with van der Waals surface area (Å²) in [5, 5.41) is 39.0. The van der Waals surface area contributed by atoms with Crippen LogP contribution >= 0.6 is 0 Å². The van der Waals surface area contributed by atoms with Crippen LogP contribution in [0, 0.1) is 5.41 Å². The first-order valence-electron chi connectivity index (χ1n) is 7.32. The van der Waals surface area contributed by atoms with E-state index in [9.17, 15) is 20.4 Å². The maximum atomic E-state index is 10.4. The van der Waals surface area contributed by atoms with Crippen LogP contribution in [0.1, 0.15) is 20.8 Å². The van der Waals surface area contributed by atoms with Gasteiger partial charge in [-0.15, -0.1) is 0 Å². The Morgan fingerprint density at radius 3 is 2.18 bits per heavy atom. The van der Waals surface area contributed by atoms with E-state index in [1.807, 2.05) is 20.8 Å². The van der Waals surface area contributed by atoms with Crippen molar-refractivity contribution in [2.24, 2.45) is 5.41 Å². The van der Waals surface area contributed by atoms with Crippen molar-refractivity contribution < 1.29 is 29.9 Å². The van der Waals surface area contributed by atoms with E-state index in [1.165, 1.54) is 12.1 Å². The quantitative estimate of drug-likeness (QED) is 0.655. The first-order chi connectivity index (χ1) is 10.2. The summed E-state index contributed by atoms with van der Waals surface area (Å²) in [5.74, 6) is 0.565. The van der Waals surface area contributed by atoms with E-state index >= 15 is 0 Å². The van der Waals surface area contributed by atoms with E-state index in [4.69, 9.17) is 9.47 Å². The van der Waals surface area contributed by atoms with Gasteiger partial charge in [0.1, 0.15) is 35.9 Å². The van der Waals surface area contributed by atoms with Gasteiger partial charge in [0.25, 0.3) is 0 Å². The van der Waals surface area contributed by atoms with Gasteiger partial charge in [-0.2, -0.15) is 0 Å². The highest BCUT2D eigenvalue weighted by Gasteiger charge is 2.49. The van der Waals surface area contributed by atoms with Crippen LogP contribution in [-0.4, -0.2) is 57.6 Å². The summed E-state index contributed by atoms with van der Waals surface area (Å²) in [6.07, 6.45) is -4.58. The highest BCUT2D eigenvalue weighted by Crippen LogP contribution is 2.35. The number of hydrogen-bond acceptors (Lipinski definition) is 6. The van der Waals surface area contributed by atoms with Gasteiger partial charge in [0.15, 0.2) is 6.10 Å². The zero-order valence-electron chi connectivity index (χ0n) is 13.0. The molecule has 1 fully saturated rings. The molecule has 5 atom stereocenters. The van der Waals surface area contributed by atoms with Crippen molar-refractivity contribution in [2.75, 3.05) is 6.61 Å². The molecule has 4 N–H and O–H groups in total. The highest BCUT2D eigenvalue weighted by atomic mass is 16.6. The van der Waals surface area contributed by atoms with Crippen LogP contribution in [0.15, 0.2) is 24.3 Å². The monoisotopic (exact) mass is 312 g/mol. The van der Waals surface area contributed by atoms with Gasteiger partial charge in [0.05, 0.1) is 6.61 Å². The lowest BCUT2D eigenvalue weighted by Crippen LogP contribution is -2.63. The van der Waals surface area contributed by atoms with Gasteiger partial charge in [-0.1, -0.05) is 20.8 Å². The summed E-state index contributed by atoms with van der Waals surface area (Å²) >= 11 is 0. The third-order valence-electron chi connectivity index (χ3n) is 3.83. The Morgan fingerprint density at radius 1 is 1.09 bits per heavy atom. The second-order valence-electron chi connectivity index (χ2n) is 6.70. The first-order valence-corrected chi connectivity index (χ1v) is 7.32. The summed E-state index contributed by atoms with van der Waals surface area (Å²) < 4.78 is 11.6. The maximum absolute atomic E-state index is 10.4. The van der Waals surface area contributed by atoms with Crippen molar-refractivity contribution in [3.63, 3.8) is 0 Å². The van der Waals surface area contributed by atoms with Crippen LogP contribution < -0.4 is 4.74 Å². The number of aliphatic hydroxyl groups is 3. The van der Waals surface area contributed by atoms with E-state index in [-0.39, 0.29) is 17.8 Å². The fourth-order valence-electron chi connectivity index (χ4n) is 2.60. The van der Waals surface area contributed by atoms with Gasteiger partial charge in [-0.3, -0.25) is 0 Å². The Hall–Kier alpha value is -1.34. The summed E-state index contributed by atoms with van der Waals surface area (Å²) in [7, 11) is 0. The van der Waals surface area contributed by atoms with Crippen molar-refractivity contribution in [2.45, 2.75) is 51.3 Å². The smallest absolute Gasteiger partial charge is 0.154 e. The van der Waals surface area contributed by atoms with Crippen LogP contribution in [0.5, 0.6) is 11.5 Å². The molecule has 1 aromatic carbocycles. The lowest BCUT2D eigenvalue weighted by Gasteiger charge is -2.47. The molecule has 0 spiro atoms. The molecule has 22 heavy (non-hydrogen) atoms. The van der Waals surface area contributed by atoms with Gasteiger partial charge in [-0.25, -0.2) is 0 Å². The van der Waals surface area contributed by atoms with E-state index in [0.717, 1.165) is 0 Å². The molecule has 2 rings (SSSR count). The molecule has 0 aliphatic carbocycles. The lowest BCUT2D eigenvalue weighted by atomic mass is 9.80. The number of benzene rings is 1. The molecule has 1 saturated heterocycles. The Morgan fingerprint density at radius 2 is 1.68 bits per heavy atom. The van der Waals surface area contributed by atoms with Gasteiger partial charge in [0.2, 0.25) is 0 Å². The molecular formula is C16H24O6. The Labute approximate surface area is 129 Å². The number of phenols is 1. The molecule has 0 radical (unpaired) electrons.